The number of aromatic nitrogens is 2. The fourth-order valence-electron chi connectivity index (χ4n) is 1.66. The molecule has 0 radical (unpaired) electrons. The summed E-state index contributed by atoms with van der Waals surface area (Å²) in [6.45, 7) is 1.99. The Kier molecular flexibility index (Phi) is 6.81. The van der Waals surface area contributed by atoms with Crippen LogP contribution in [0.4, 0.5) is 5.69 Å². The first-order valence-corrected chi connectivity index (χ1v) is 6.57. The van der Waals surface area contributed by atoms with Crippen molar-refractivity contribution in [2.24, 2.45) is 0 Å². The number of amides is 1. The van der Waals surface area contributed by atoms with Crippen molar-refractivity contribution in [2.45, 2.75) is 19.4 Å². The Morgan fingerprint density at radius 2 is 2.05 bits per heavy atom. The van der Waals surface area contributed by atoms with E-state index in [1.807, 2.05) is 14.0 Å². The molecule has 0 spiro atoms. The van der Waals surface area contributed by atoms with E-state index in [0.717, 1.165) is 0 Å². The summed E-state index contributed by atoms with van der Waals surface area (Å²) in [5, 5.41) is 9.54. The first-order chi connectivity index (χ1) is 10.1. The molecule has 120 valence electrons. The van der Waals surface area contributed by atoms with Crippen molar-refractivity contribution in [3.05, 3.63) is 36.0 Å². The number of halogens is 1. The lowest BCUT2D eigenvalue weighted by Gasteiger charge is -2.05. The maximum Gasteiger partial charge on any atom is 0.316 e. The van der Waals surface area contributed by atoms with Crippen LogP contribution in [-0.4, -0.2) is 36.2 Å². The number of hydrogen-bond acceptors (Lipinski definition) is 6. The number of benzene rings is 1. The molecule has 22 heavy (non-hydrogen) atoms. The Morgan fingerprint density at radius 3 is 2.64 bits per heavy atom. The van der Waals surface area contributed by atoms with Crippen molar-refractivity contribution in [1.29, 1.82) is 0 Å². The van der Waals surface area contributed by atoms with Gasteiger partial charge in [0.1, 0.15) is 5.75 Å². The van der Waals surface area contributed by atoms with E-state index in [9.17, 15) is 4.79 Å². The highest BCUT2D eigenvalue weighted by molar-refractivity contribution is 6.00. The molecule has 1 aromatic heterocycles. The number of hydrogen-bond donors (Lipinski definition) is 2. The lowest BCUT2D eigenvalue weighted by atomic mass is 10.2. The average molecular weight is 327 g/mol. The van der Waals surface area contributed by atoms with Gasteiger partial charge in [-0.25, -0.2) is 0 Å². The number of carbonyl (C=O) groups is 1. The van der Waals surface area contributed by atoms with Crippen LogP contribution in [0.1, 0.15) is 23.4 Å². The standard InChI is InChI=1S/C14H18N4O3.ClH/c1-9(15-2)8-12-17-14(21-18-12)13(19)16-10-4-6-11(20-3)7-5-10;/h4-7,9,15H,8H2,1-3H3,(H,16,19);1H. The van der Waals surface area contributed by atoms with Gasteiger partial charge >= 0.3 is 11.8 Å². The first-order valence-electron chi connectivity index (χ1n) is 6.57. The molecule has 0 aliphatic rings. The molecule has 0 aliphatic carbocycles. The number of carbonyl (C=O) groups excluding carboxylic acids is 1. The minimum atomic E-state index is -0.434. The average Bonchev–Trinajstić information content (AvgIpc) is 2.96. The summed E-state index contributed by atoms with van der Waals surface area (Å²) in [6.07, 6.45) is 0.593. The molecular formula is C14H19ClN4O3. The summed E-state index contributed by atoms with van der Waals surface area (Å²) in [6, 6.07) is 7.18. The van der Waals surface area contributed by atoms with Crippen molar-refractivity contribution in [2.75, 3.05) is 19.5 Å². The van der Waals surface area contributed by atoms with E-state index in [0.29, 0.717) is 23.7 Å². The van der Waals surface area contributed by atoms with Crippen molar-refractivity contribution in [3.63, 3.8) is 0 Å². The van der Waals surface area contributed by atoms with Crippen LogP contribution in [0.3, 0.4) is 0 Å². The topological polar surface area (TPSA) is 89.3 Å². The molecule has 0 fully saturated rings. The molecule has 0 bridgehead atoms. The number of methoxy groups -OCH3 is 1. The molecule has 8 heteroatoms. The van der Waals surface area contributed by atoms with Crippen LogP contribution in [0.25, 0.3) is 0 Å². The van der Waals surface area contributed by atoms with Crippen molar-refractivity contribution >= 4 is 24.0 Å². The maximum atomic E-state index is 12.0. The highest BCUT2D eigenvalue weighted by Gasteiger charge is 2.16. The monoisotopic (exact) mass is 326 g/mol. The van der Waals surface area contributed by atoms with E-state index in [4.69, 9.17) is 9.26 Å². The molecule has 1 atom stereocenters. The normalized spacial score (nSPS) is 11.4. The van der Waals surface area contributed by atoms with Gasteiger partial charge in [-0.3, -0.25) is 4.79 Å². The molecule has 0 aliphatic heterocycles. The third-order valence-electron chi connectivity index (χ3n) is 2.99. The van der Waals surface area contributed by atoms with Crippen LogP contribution >= 0.6 is 12.4 Å². The first kappa shape index (κ1) is 17.9. The van der Waals surface area contributed by atoms with Crippen LogP contribution < -0.4 is 15.4 Å². The molecule has 0 saturated carbocycles. The van der Waals surface area contributed by atoms with Gasteiger partial charge in [-0.2, -0.15) is 4.98 Å². The van der Waals surface area contributed by atoms with Crippen LogP contribution in [0.5, 0.6) is 5.75 Å². The van der Waals surface area contributed by atoms with E-state index in [1.165, 1.54) is 0 Å². The Balaban J connectivity index is 0.00000242. The van der Waals surface area contributed by atoms with Crippen LogP contribution in [0, 0.1) is 0 Å². The summed E-state index contributed by atoms with van der Waals surface area (Å²) < 4.78 is 10.0. The van der Waals surface area contributed by atoms with Crippen LogP contribution in [0.2, 0.25) is 0 Å². The molecule has 7 nitrogen and oxygen atoms in total. The van der Waals surface area contributed by atoms with Gasteiger partial charge in [-0.15, -0.1) is 12.4 Å². The summed E-state index contributed by atoms with van der Waals surface area (Å²) in [4.78, 5) is 16.1. The molecule has 0 saturated heterocycles. The van der Waals surface area contributed by atoms with Gasteiger partial charge in [0.15, 0.2) is 5.82 Å². The zero-order valence-corrected chi connectivity index (χ0v) is 13.4. The predicted molar refractivity (Wildman–Crippen MR) is 84.7 cm³/mol. The lowest BCUT2D eigenvalue weighted by molar-refractivity contribution is 0.0981. The molecule has 1 heterocycles. The van der Waals surface area contributed by atoms with Gasteiger partial charge in [-0.1, -0.05) is 5.16 Å². The fraction of sp³-hybridized carbons (Fsp3) is 0.357. The number of likely N-dealkylation sites (N-methyl/N-ethyl adjacent to an activating group) is 1. The largest absolute Gasteiger partial charge is 0.497 e. The second-order valence-corrected chi connectivity index (χ2v) is 4.59. The lowest BCUT2D eigenvalue weighted by Crippen LogP contribution is -2.24. The van der Waals surface area contributed by atoms with Crippen LogP contribution in [0.15, 0.2) is 28.8 Å². The smallest absolute Gasteiger partial charge is 0.316 e. The highest BCUT2D eigenvalue weighted by atomic mass is 35.5. The van der Waals surface area contributed by atoms with Gasteiger partial charge in [0.25, 0.3) is 0 Å². The second-order valence-electron chi connectivity index (χ2n) is 4.59. The Morgan fingerprint density at radius 1 is 1.36 bits per heavy atom. The summed E-state index contributed by atoms with van der Waals surface area (Å²) in [5.41, 5.74) is 0.629. The number of nitrogens with zero attached hydrogens (tertiary/aromatic N) is 2. The predicted octanol–water partition coefficient (Wildman–Crippen LogP) is 1.90. The Bertz CT molecular complexity index is 600. The SMILES string of the molecule is CNC(C)Cc1noc(C(=O)Nc2ccc(OC)cc2)n1.Cl. The summed E-state index contributed by atoms with van der Waals surface area (Å²) >= 11 is 0. The Hall–Kier alpha value is -2.12. The van der Waals surface area contributed by atoms with Gasteiger partial charge in [0, 0.05) is 18.2 Å². The van der Waals surface area contributed by atoms with E-state index < -0.39 is 5.91 Å². The molecule has 2 rings (SSSR count). The highest BCUT2D eigenvalue weighted by Crippen LogP contribution is 2.15. The van der Waals surface area contributed by atoms with Crippen molar-refractivity contribution < 1.29 is 14.1 Å². The van der Waals surface area contributed by atoms with Crippen molar-refractivity contribution in [1.82, 2.24) is 15.5 Å². The van der Waals surface area contributed by atoms with Crippen LogP contribution in [-0.2, 0) is 6.42 Å². The van der Waals surface area contributed by atoms with Gasteiger partial charge in [-0.05, 0) is 38.2 Å². The minimum Gasteiger partial charge on any atom is -0.497 e. The fourth-order valence-corrected chi connectivity index (χ4v) is 1.66. The zero-order chi connectivity index (χ0) is 15.2. The molecule has 1 unspecified atom stereocenters. The minimum absolute atomic E-state index is 0. The number of anilines is 1. The number of rotatable bonds is 6. The molecule has 2 N–H and O–H groups in total. The van der Waals surface area contributed by atoms with Gasteiger partial charge < -0.3 is 19.9 Å². The second kappa shape index (κ2) is 8.35. The molecular weight excluding hydrogens is 308 g/mol. The molecule has 1 amide bonds. The summed E-state index contributed by atoms with van der Waals surface area (Å²) in [7, 11) is 3.43. The van der Waals surface area contributed by atoms with Gasteiger partial charge in [0.05, 0.1) is 7.11 Å². The van der Waals surface area contributed by atoms with Crippen molar-refractivity contribution in [3.8, 4) is 5.75 Å². The number of nitrogens with one attached hydrogen (secondary N) is 2. The quantitative estimate of drug-likeness (QED) is 0.842. The summed E-state index contributed by atoms with van der Waals surface area (Å²) in [5.74, 6) is 0.728. The van der Waals surface area contributed by atoms with E-state index >= 15 is 0 Å². The third-order valence-corrected chi connectivity index (χ3v) is 2.99. The van der Waals surface area contributed by atoms with E-state index in [2.05, 4.69) is 20.8 Å². The number of ether oxygens (including phenoxy) is 1. The third kappa shape index (κ3) is 4.71. The Labute approximate surface area is 134 Å². The molecule has 2 aromatic rings. The molecule has 1 aromatic carbocycles. The van der Waals surface area contributed by atoms with E-state index in [1.54, 1.807) is 31.4 Å². The zero-order valence-electron chi connectivity index (χ0n) is 12.6. The van der Waals surface area contributed by atoms with E-state index in [-0.39, 0.29) is 24.3 Å². The van der Waals surface area contributed by atoms with Gasteiger partial charge in [0.2, 0.25) is 0 Å². The maximum absolute atomic E-state index is 12.0.